The van der Waals surface area contributed by atoms with Crippen molar-refractivity contribution in [1.29, 1.82) is 0 Å². The summed E-state index contributed by atoms with van der Waals surface area (Å²) in [5, 5.41) is 3.42. The molecule has 0 aromatic rings. The number of hydrogen-bond donors (Lipinski definition) is 2. The Hall–Kier alpha value is -0.130. The lowest BCUT2D eigenvalue weighted by molar-refractivity contribution is 0.287. The highest BCUT2D eigenvalue weighted by Crippen LogP contribution is 2.44. The van der Waals surface area contributed by atoms with Crippen LogP contribution in [0, 0.1) is 5.41 Å². The summed E-state index contributed by atoms with van der Waals surface area (Å²) in [6.07, 6.45) is 6.46. The summed E-state index contributed by atoms with van der Waals surface area (Å²) in [4.78, 5) is 0. The van der Waals surface area contributed by atoms with Crippen LogP contribution in [-0.2, 0) is 10.0 Å². The first kappa shape index (κ1) is 11.0. The molecule has 4 nitrogen and oxygen atoms in total. The molecule has 3 fully saturated rings. The minimum atomic E-state index is -3.00. The summed E-state index contributed by atoms with van der Waals surface area (Å²) in [7, 11) is -3.00. The van der Waals surface area contributed by atoms with Crippen molar-refractivity contribution in [2.45, 2.75) is 49.8 Å². The number of nitrogens with one attached hydrogen (secondary N) is 2. The van der Waals surface area contributed by atoms with Gasteiger partial charge in [-0.1, -0.05) is 6.42 Å². The third kappa shape index (κ3) is 1.79. The van der Waals surface area contributed by atoms with Crippen LogP contribution in [0.2, 0.25) is 0 Å². The zero-order valence-electron chi connectivity index (χ0n) is 9.54. The largest absolute Gasteiger partial charge is 0.313 e. The molecule has 2 saturated carbocycles. The van der Waals surface area contributed by atoms with Crippen molar-refractivity contribution in [3.63, 3.8) is 0 Å². The van der Waals surface area contributed by atoms with Crippen molar-refractivity contribution in [3.05, 3.63) is 0 Å². The van der Waals surface area contributed by atoms with E-state index in [0.717, 1.165) is 25.8 Å². The average Bonchev–Trinajstić information content (AvgIpc) is 2.90. The molecule has 2 N–H and O–H groups in total. The molecule has 16 heavy (non-hydrogen) atoms. The van der Waals surface area contributed by atoms with Crippen LogP contribution in [0.1, 0.15) is 38.5 Å². The first-order valence-electron chi connectivity index (χ1n) is 6.34. The highest BCUT2D eigenvalue weighted by Gasteiger charge is 2.47. The number of sulfonamides is 1. The standard InChI is InChI=1S/C11H20N2O2S/c14-16(15,9-3-4-9)13-8-11-5-1-2-10(11)12-7-6-11/h9-10,12-13H,1-8H2/t10-,11-/m1/s1. The van der Waals surface area contributed by atoms with Gasteiger partial charge in [0.05, 0.1) is 5.25 Å². The zero-order valence-corrected chi connectivity index (χ0v) is 10.4. The maximum absolute atomic E-state index is 11.8. The summed E-state index contributed by atoms with van der Waals surface area (Å²) in [6.45, 7) is 1.71. The van der Waals surface area contributed by atoms with Gasteiger partial charge in [-0.2, -0.15) is 0 Å². The summed E-state index contributed by atoms with van der Waals surface area (Å²) >= 11 is 0. The van der Waals surface area contributed by atoms with E-state index in [4.69, 9.17) is 0 Å². The van der Waals surface area contributed by atoms with Crippen LogP contribution < -0.4 is 10.0 Å². The predicted molar refractivity (Wildman–Crippen MR) is 62.6 cm³/mol. The molecule has 1 saturated heterocycles. The lowest BCUT2D eigenvalue weighted by Crippen LogP contribution is -2.42. The van der Waals surface area contributed by atoms with Gasteiger partial charge in [0.2, 0.25) is 10.0 Å². The van der Waals surface area contributed by atoms with Crippen LogP contribution in [0.15, 0.2) is 0 Å². The van der Waals surface area contributed by atoms with Crippen LogP contribution in [-0.4, -0.2) is 32.8 Å². The SMILES string of the molecule is O=S(=O)(NC[C@]12CCC[C@H]1NCC2)C1CC1. The second kappa shape index (κ2) is 3.68. The fourth-order valence-corrected chi connectivity index (χ4v) is 4.77. The highest BCUT2D eigenvalue weighted by molar-refractivity contribution is 7.90. The molecule has 1 heterocycles. The Kier molecular flexibility index (Phi) is 2.53. The molecule has 0 amide bonds. The number of rotatable bonds is 4. The van der Waals surface area contributed by atoms with Gasteiger partial charge >= 0.3 is 0 Å². The molecule has 3 aliphatic rings. The van der Waals surface area contributed by atoms with E-state index in [9.17, 15) is 8.42 Å². The quantitative estimate of drug-likeness (QED) is 0.761. The highest BCUT2D eigenvalue weighted by atomic mass is 32.2. The molecule has 92 valence electrons. The Morgan fingerprint density at radius 3 is 2.81 bits per heavy atom. The van der Waals surface area contributed by atoms with E-state index in [0.29, 0.717) is 12.6 Å². The second-order valence-corrected chi connectivity index (χ2v) is 7.62. The third-order valence-electron chi connectivity index (χ3n) is 4.51. The molecular weight excluding hydrogens is 224 g/mol. The molecule has 2 atom stereocenters. The summed E-state index contributed by atoms with van der Waals surface area (Å²) in [6, 6.07) is 0.550. The van der Waals surface area contributed by atoms with E-state index >= 15 is 0 Å². The maximum Gasteiger partial charge on any atom is 0.214 e. The van der Waals surface area contributed by atoms with Gasteiger partial charge in [-0.15, -0.1) is 0 Å². The Balaban J connectivity index is 1.65. The average molecular weight is 244 g/mol. The molecular formula is C11H20N2O2S. The van der Waals surface area contributed by atoms with Crippen LogP contribution in [0.5, 0.6) is 0 Å². The molecule has 0 spiro atoms. The molecule has 1 aliphatic heterocycles. The van der Waals surface area contributed by atoms with Crippen molar-refractivity contribution < 1.29 is 8.42 Å². The van der Waals surface area contributed by atoms with Gasteiger partial charge in [-0.3, -0.25) is 0 Å². The maximum atomic E-state index is 11.8. The second-order valence-electron chi connectivity index (χ2n) is 5.58. The van der Waals surface area contributed by atoms with E-state index < -0.39 is 10.0 Å². The normalized spacial score (nSPS) is 38.9. The van der Waals surface area contributed by atoms with Crippen molar-refractivity contribution in [3.8, 4) is 0 Å². The molecule has 0 radical (unpaired) electrons. The molecule has 0 unspecified atom stereocenters. The van der Waals surface area contributed by atoms with E-state index in [1.54, 1.807) is 0 Å². The van der Waals surface area contributed by atoms with Gasteiger partial charge in [0.15, 0.2) is 0 Å². The first-order valence-corrected chi connectivity index (χ1v) is 7.89. The molecule has 0 aromatic heterocycles. The number of fused-ring (bicyclic) bond motifs is 1. The van der Waals surface area contributed by atoms with Crippen molar-refractivity contribution in [2.75, 3.05) is 13.1 Å². The van der Waals surface area contributed by atoms with E-state index in [1.165, 1.54) is 19.3 Å². The minimum Gasteiger partial charge on any atom is -0.313 e. The van der Waals surface area contributed by atoms with Crippen LogP contribution in [0.3, 0.4) is 0 Å². The topological polar surface area (TPSA) is 58.2 Å². The third-order valence-corrected chi connectivity index (χ3v) is 6.40. The Labute approximate surface area is 97.2 Å². The van der Waals surface area contributed by atoms with Gasteiger partial charge in [0.1, 0.15) is 0 Å². The molecule has 5 heteroatoms. The lowest BCUT2D eigenvalue weighted by atomic mass is 9.83. The monoisotopic (exact) mass is 244 g/mol. The molecule has 3 rings (SSSR count). The van der Waals surface area contributed by atoms with Gasteiger partial charge in [-0.05, 0) is 38.6 Å². The molecule has 2 aliphatic carbocycles. The Morgan fingerprint density at radius 2 is 2.06 bits per heavy atom. The van der Waals surface area contributed by atoms with Crippen LogP contribution in [0.25, 0.3) is 0 Å². The van der Waals surface area contributed by atoms with Crippen molar-refractivity contribution in [1.82, 2.24) is 10.0 Å². The van der Waals surface area contributed by atoms with Crippen molar-refractivity contribution >= 4 is 10.0 Å². The molecule has 0 aromatic carbocycles. The van der Waals surface area contributed by atoms with E-state index in [2.05, 4.69) is 10.0 Å². The minimum absolute atomic E-state index is 0.0851. The van der Waals surface area contributed by atoms with Crippen molar-refractivity contribution in [2.24, 2.45) is 5.41 Å². The zero-order chi connectivity index (χ0) is 11.2. The van der Waals surface area contributed by atoms with Gasteiger partial charge in [0, 0.05) is 18.0 Å². The smallest absolute Gasteiger partial charge is 0.214 e. The first-order chi connectivity index (χ1) is 7.62. The predicted octanol–water partition coefficient (Wildman–Crippen LogP) is 0.600. The van der Waals surface area contributed by atoms with E-state index in [1.807, 2.05) is 0 Å². The van der Waals surface area contributed by atoms with Crippen LogP contribution >= 0.6 is 0 Å². The lowest BCUT2D eigenvalue weighted by Gasteiger charge is -2.28. The van der Waals surface area contributed by atoms with Gasteiger partial charge in [-0.25, -0.2) is 13.1 Å². The number of hydrogen-bond acceptors (Lipinski definition) is 3. The summed E-state index contributed by atoms with van der Waals surface area (Å²) in [5.74, 6) is 0. The fourth-order valence-electron chi connectivity index (χ4n) is 3.29. The summed E-state index contributed by atoms with van der Waals surface area (Å²) in [5.41, 5.74) is 0.224. The van der Waals surface area contributed by atoms with Crippen LogP contribution in [0.4, 0.5) is 0 Å². The van der Waals surface area contributed by atoms with Gasteiger partial charge in [0.25, 0.3) is 0 Å². The van der Waals surface area contributed by atoms with E-state index in [-0.39, 0.29) is 10.7 Å². The summed E-state index contributed by atoms with van der Waals surface area (Å²) < 4.78 is 26.5. The van der Waals surface area contributed by atoms with Gasteiger partial charge < -0.3 is 5.32 Å². The Morgan fingerprint density at radius 1 is 1.25 bits per heavy atom. The Bertz CT molecular complexity index is 365. The fraction of sp³-hybridized carbons (Fsp3) is 1.00. The molecule has 0 bridgehead atoms.